The molecular weight excluding hydrogens is 308 g/mol. The molecule has 0 spiro atoms. The maximum Gasteiger partial charge on any atom is 0.339 e. The smallest absolute Gasteiger partial charge is 0.339 e. The molecule has 0 fully saturated rings. The van der Waals surface area contributed by atoms with Crippen LogP contribution in [0.4, 0.5) is 0 Å². The molecule has 1 unspecified atom stereocenters. The summed E-state index contributed by atoms with van der Waals surface area (Å²) in [6.45, 7) is 2.00. The first-order chi connectivity index (χ1) is 8.99. The zero-order valence-electron chi connectivity index (χ0n) is 10.3. The number of aromatic hydroxyl groups is 1. The molecule has 2 aromatic rings. The van der Waals surface area contributed by atoms with Gasteiger partial charge in [0.2, 0.25) is 0 Å². The summed E-state index contributed by atoms with van der Waals surface area (Å²) in [5.41, 5.74) is 1.88. The van der Waals surface area contributed by atoms with E-state index in [9.17, 15) is 9.90 Å². The van der Waals surface area contributed by atoms with Gasteiger partial charge in [0.05, 0.1) is 0 Å². The van der Waals surface area contributed by atoms with Crippen molar-refractivity contribution in [2.75, 3.05) is 0 Å². The standard InChI is InChI=1S/C15H13BrO3/c1-9(10-2-5-12(16)6-3-10)11-4-7-14(17)13(8-11)15(18)19/h2-9,17H,1H3,(H,18,19). The number of benzene rings is 2. The second-order valence-corrected chi connectivity index (χ2v) is 5.27. The fourth-order valence-corrected chi connectivity index (χ4v) is 2.20. The first-order valence-electron chi connectivity index (χ1n) is 5.80. The van der Waals surface area contributed by atoms with E-state index in [1.807, 2.05) is 31.2 Å². The molecule has 1 atom stereocenters. The Morgan fingerprint density at radius 1 is 1.11 bits per heavy atom. The van der Waals surface area contributed by atoms with E-state index >= 15 is 0 Å². The highest BCUT2D eigenvalue weighted by molar-refractivity contribution is 9.10. The molecule has 0 aromatic heterocycles. The molecule has 2 rings (SSSR count). The van der Waals surface area contributed by atoms with Crippen LogP contribution in [0.25, 0.3) is 0 Å². The van der Waals surface area contributed by atoms with Crippen LogP contribution in [-0.4, -0.2) is 16.2 Å². The van der Waals surface area contributed by atoms with Crippen LogP contribution in [-0.2, 0) is 0 Å². The highest BCUT2D eigenvalue weighted by Gasteiger charge is 2.14. The van der Waals surface area contributed by atoms with E-state index in [1.54, 1.807) is 6.07 Å². The Morgan fingerprint density at radius 2 is 1.68 bits per heavy atom. The van der Waals surface area contributed by atoms with Gasteiger partial charge in [0.1, 0.15) is 11.3 Å². The summed E-state index contributed by atoms with van der Waals surface area (Å²) in [6, 6.07) is 12.6. The zero-order chi connectivity index (χ0) is 14.0. The molecule has 0 saturated carbocycles. The lowest BCUT2D eigenvalue weighted by atomic mass is 9.92. The van der Waals surface area contributed by atoms with E-state index in [2.05, 4.69) is 15.9 Å². The Kier molecular flexibility index (Phi) is 3.90. The SMILES string of the molecule is CC(c1ccc(Br)cc1)c1ccc(O)c(C(=O)O)c1. The molecule has 0 amide bonds. The van der Waals surface area contributed by atoms with Crippen LogP contribution in [0.5, 0.6) is 5.75 Å². The van der Waals surface area contributed by atoms with E-state index in [-0.39, 0.29) is 17.2 Å². The molecule has 0 aliphatic rings. The number of carboxylic acid groups (broad SMARTS) is 1. The second kappa shape index (κ2) is 5.45. The number of carbonyl (C=O) groups is 1. The fraction of sp³-hybridized carbons (Fsp3) is 0.133. The minimum absolute atomic E-state index is 0.0619. The monoisotopic (exact) mass is 320 g/mol. The van der Waals surface area contributed by atoms with Crippen LogP contribution < -0.4 is 0 Å². The molecule has 0 aliphatic carbocycles. The quantitative estimate of drug-likeness (QED) is 0.898. The van der Waals surface area contributed by atoms with Gasteiger partial charge in [-0.05, 0) is 35.4 Å². The number of hydrogen-bond donors (Lipinski definition) is 2. The molecule has 3 nitrogen and oxygen atoms in total. The minimum Gasteiger partial charge on any atom is -0.507 e. The normalized spacial score (nSPS) is 12.1. The van der Waals surface area contributed by atoms with Crippen molar-refractivity contribution in [2.45, 2.75) is 12.8 Å². The third kappa shape index (κ3) is 2.96. The van der Waals surface area contributed by atoms with Crippen LogP contribution in [0.1, 0.15) is 34.3 Å². The fourth-order valence-electron chi connectivity index (χ4n) is 1.94. The maximum absolute atomic E-state index is 11.0. The van der Waals surface area contributed by atoms with Gasteiger partial charge in [-0.2, -0.15) is 0 Å². The van der Waals surface area contributed by atoms with Gasteiger partial charge in [-0.25, -0.2) is 4.79 Å². The minimum atomic E-state index is -1.12. The Bertz CT molecular complexity index is 605. The van der Waals surface area contributed by atoms with E-state index in [1.165, 1.54) is 12.1 Å². The highest BCUT2D eigenvalue weighted by Crippen LogP contribution is 2.28. The maximum atomic E-state index is 11.0. The van der Waals surface area contributed by atoms with E-state index in [4.69, 9.17) is 5.11 Å². The van der Waals surface area contributed by atoms with Crippen LogP contribution in [0.3, 0.4) is 0 Å². The predicted octanol–water partition coefficient (Wildman–Crippen LogP) is 4.00. The summed E-state index contributed by atoms with van der Waals surface area (Å²) >= 11 is 3.38. The molecule has 0 radical (unpaired) electrons. The lowest BCUT2D eigenvalue weighted by molar-refractivity contribution is 0.0693. The van der Waals surface area contributed by atoms with Crippen LogP contribution in [0.15, 0.2) is 46.9 Å². The Morgan fingerprint density at radius 3 is 2.26 bits per heavy atom. The largest absolute Gasteiger partial charge is 0.507 e. The third-order valence-electron chi connectivity index (χ3n) is 3.12. The summed E-state index contributed by atoms with van der Waals surface area (Å²) in [6.07, 6.45) is 0. The first kappa shape index (κ1) is 13.6. The molecule has 4 heteroatoms. The van der Waals surface area contributed by atoms with Gasteiger partial charge in [-0.15, -0.1) is 0 Å². The summed E-state index contributed by atoms with van der Waals surface area (Å²) in [4.78, 5) is 11.0. The van der Waals surface area contributed by atoms with Gasteiger partial charge in [0.15, 0.2) is 0 Å². The second-order valence-electron chi connectivity index (χ2n) is 4.35. The van der Waals surface area contributed by atoms with Gasteiger partial charge < -0.3 is 10.2 Å². The summed E-state index contributed by atoms with van der Waals surface area (Å²) in [5.74, 6) is -1.27. The van der Waals surface area contributed by atoms with Crippen molar-refractivity contribution >= 4 is 21.9 Å². The van der Waals surface area contributed by atoms with Gasteiger partial charge in [0, 0.05) is 10.4 Å². The third-order valence-corrected chi connectivity index (χ3v) is 3.65. The number of phenols is 1. The topological polar surface area (TPSA) is 57.5 Å². The average molecular weight is 321 g/mol. The molecule has 0 saturated heterocycles. The molecule has 19 heavy (non-hydrogen) atoms. The number of aromatic carboxylic acids is 1. The predicted molar refractivity (Wildman–Crippen MR) is 76.7 cm³/mol. The van der Waals surface area contributed by atoms with Crippen molar-refractivity contribution in [1.82, 2.24) is 0 Å². The van der Waals surface area contributed by atoms with Gasteiger partial charge >= 0.3 is 5.97 Å². The Hall–Kier alpha value is -1.81. The summed E-state index contributed by atoms with van der Waals surface area (Å²) in [5, 5.41) is 18.5. The average Bonchev–Trinajstić information content (AvgIpc) is 2.39. The van der Waals surface area contributed by atoms with E-state index < -0.39 is 5.97 Å². The number of hydrogen-bond acceptors (Lipinski definition) is 2. The van der Waals surface area contributed by atoms with E-state index in [0.29, 0.717) is 0 Å². The van der Waals surface area contributed by atoms with Crippen molar-refractivity contribution in [3.63, 3.8) is 0 Å². The highest BCUT2D eigenvalue weighted by atomic mass is 79.9. The van der Waals surface area contributed by atoms with Crippen molar-refractivity contribution in [3.8, 4) is 5.75 Å². The van der Waals surface area contributed by atoms with Gasteiger partial charge in [0.25, 0.3) is 0 Å². The van der Waals surface area contributed by atoms with Crippen LogP contribution in [0, 0.1) is 0 Å². The molecule has 2 aromatic carbocycles. The van der Waals surface area contributed by atoms with Crippen LogP contribution in [0.2, 0.25) is 0 Å². The lowest BCUT2D eigenvalue weighted by Gasteiger charge is -2.13. The molecule has 98 valence electrons. The van der Waals surface area contributed by atoms with Crippen molar-refractivity contribution < 1.29 is 15.0 Å². The molecular formula is C15H13BrO3. The lowest BCUT2D eigenvalue weighted by Crippen LogP contribution is -2.01. The van der Waals surface area contributed by atoms with E-state index in [0.717, 1.165) is 15.6 Å². The molecule has 2 N–H and O–H groups in total. The Labute approximate surface area is 119 Å². The van der Waals surface area contributed by atoms with Crippen molar-refractivity contribution in [2.24, 2.45) is 0 Å². The van der Waals surface area contributed by atoms with Gasteiger partial charge in [-0.3, -0.25) is 0 Å². The molecule has 0 bridgehead atoms. The van der Waals surface area contributed by atoms with Crippen molar-refractivity contribution in [1.29, 1.82) is 0 Å². The number of carboxylic acids is 1. The number of rotatable bonds is 3. The summed E-state index contributed by atoms with van der Waals surface area (Å²) in [7, 11) is 0. The Balaban J connectivity index is 2.38. The van der Waals surface area contributed by atoms with Gasteiger partial charge in [-0.1, -0.05) is 41.1 Å². The number of halogens is 1. The molecule has 0 heterocycles. The van der Waals surface area contributed by atoms with Crippen LogP contribution >= 0.6 is 15.9 Å². The summed E-state index contributed by atoms with van der Waals surface area (Å²) < 4.78 is 1.00. The molecule has 0 aliphatic heterocycles. The zero-order valence-corrected chi connectivity index (χ0v) is 11.9. The first-order valence-corrected chi connectivity index (χ1v) is 6.60. The van der Waals surface area contributed by atoms with Crippen molar-refractivity contribution in [3.05, 3.63) is 63.6 Å².